The zero-order valence-corrected chi connectivity index (χ0v) is 12.8. The van der Waals surface area contributed by atoms with Crippen LogP contribution in [0, 0.1) is 0 Å². The molecular formula is C18H18N4O. The highest BCUT2D eigenvalue weighted by molar-refractivity contribution is 5.46. The Balaban J connectivity index is 1.48. The number of hydrogen-bond donors (Lipinski definition) is 1. The largest absolute Gasteiger partial charge is 0.467 e. The number of fused-ring (bicyclic) bond motifs is 1. The normalized spacial score (nSPS) is 13.7. The summed E-state index contributed by atoms with van der Waals surface area (Å²) in [5, 5.41) is 3.20. The molecule has 1 aliphatic heterocycles. The van der Waals surface area contributed by atoms with Crippen molar-refractivity contribution in [3.63, 3.8) is 0 Å². The molecule has 5 nitrogen and oxygen atoms in total. The Kier molecular flexibility index (Phi) is 3.68. The fourth-order valence-corrected chi connectivity index (χ4v) is 2.88. The van der Waals surface area contributed by atoms with Crippen molar-refractivity contribution >= 4 is 11.8 Å². The van der Waals surface area contributed by atoms with Gasteiger partial charge >= 0.3 is 0 Å². The van der Waals surface area contributed by atoms with Crippen LogP contribution in [0.5, 0.6) is 0 Å². The second-order valence-electron chi connectivity index (χ2n) is 5.61. The molecule has 1 aromatic carbocycles. The van der Waals surface area contributed by atoms with Gasteiger partial charge in [-0.2, -0.15) is 4.98 Å². The van der Waals surface area contributed by atoms with Crippen molar-refractivity contribution in [1.29, 1.82) is 0 Å². The molecule has 5 heteroatoms. The quantitative estimate of drug-likeness (QED) is 0.802. The molecule has 0 saturated heterocycles. The van der Waals surface area contributed by atoms with E-state index in [0.29, 0.717) is 12.5 Å². The van der Waals surface area contributed by atoms with Gasteiger partial charge in [0, 0.05) is 19.3 Å². The molecule has 0 fully saturated rings. The second kappa shape index (κ2) is 6.12. The van der Waals surface area contributed by atoms with Gasteiger partial charge in [-0.05, 0) is 35.7 Å². The maximum absolute atomic E-state index is 5.31. The molecule has 1 aliphatic rings. The maximum atomic E-state index is 5.31. The van der Waals surface area contributed by atoms with Gasteiger partial charge in [0.05, 0.1) is 12.8 Å². The van der Waals surface area contributed by atoms with Crippen molar-refractivity contribution in [1.82, 2.24) is 9.97 Å². The predicted molar refractivity (Wildman–Crippen MR) is 89.3 cm³/mol. The molecule has 0 saturated carbocycles. The SMILES string of the molecule is c1coc(CNc2nccc(N3CCc4ccccc4C3)n2)c1. The van der Waals surface area contributed by atoms with E-state index in [9.17, 15) is 0 Å². The molecule has 3 heterocycles. The van der Waals surface area contributed by atoms with E-state index in [1.165, 1.54) is 11.1 Å². The summed E-state index contributed by atoms with van der Waals surface area (Å²) in [7, 11) is 0. The Morgan fingerprint density at radius 2 is 2.00 bits per heavy atom. The van der Waals surface area contributed by atoms with Crippen LogP contribution in [0.2, 0.25) is 0 Å². The fourth-order valence-electron chi connectivity index (χ4n) is 2.88. The molecule has 0 amide bonds. The van der Waals surface area contributed by atoms with Gasteiger partial charge in [-0.1, -0.05) is 24.3 Å². The van der Waals surface area contributed by atoms with Crippen LogP contribution in [0.25, 0.3) is 0 Å². The molecule has 3 aromatic rings. The summed E-state index contributed by atoms with van der Waals surface area (Å²) < 4.78 is 5.31. The number of aromatic nitrogens is 2. The average molecular weight is 306 g/mol. The number of nitrogens with zero attached hydrogens (tertiary/aromatic N) is 3. The van der Waals surface area contributed by atoms with Crippen LogP contribution in [0.3, 0.4) is 0 Å². The highest BCUT2D eigenvalue weighted by atomic mass is 16.3. The summed E-state index contributed by atoms with van der Waals surface area (Å²) in [5.74, 6) is 2.44. The van der Waals surface area contributed by atoms with Crippen LogP contribution in [0.1, 0.15) is 16.9 Å². The van der Waals surface area contributed by atoms with Crippen molar-refractivity contribution in [2.45, 2.75) is 19.5 Å². The number of hydrogen-bond acceptors (Lipinski definition) is 5. The third-order valence-electron chi connectivity index (χ3n) is 4.10. The highest BCUT2D eigenvalue weighted by Crippen LogP contribution is 2.23. The van der Waals surface area contributed by atoms with E-state index in [4.69, 9.17) is 4.42 Å². The predicted octanol–water partition coefficient (Wildman–Crippen LogP) is 3.24. The van der Waals surface area contributed by atoms with E-state index >= 15 is 0 Å². The van der Waals surface area contributed by atoms with Crippen molar-refractivity contribution in [2.24, 2.45) is 0 Å². The summed E-state index contributed by atoms with van der Waals surface area (Å²) >= 11 is 0. The minimum Gasteiger partial charge on any atom is -0.467 e. The summed E-state index contributed by atoms with van der Waals surface area (Å²) in [4.78, 5) is 11.2. The molecule has 23 heavy (non-hydrogen) atoms. The molecule has 2 aromatic heterocycles. The average Bonchev–Trinajstić information content (AvgIpc) is 3.13. The van der Waals surface area contributed by atoms with Gasteiger partial charge in [0.25, 0.3) is 0 Å². The monoisotopic (exact) mass is 306 g/mol. The molecule has 1 N–H and O–H groups in total. The minimum atomic E-state index is 0.583. The number of nitrogens with one attached hydrogen (secondary N) is 1. The van der Waals surface area contributed by atoms with Gasteiger partial charge in [-0.3, -0.25) is 0 Å². The Bertz CT molecular complexity index is 785. The van der Waals surface area contributed by atoms with Gasteiger partial charge in [-0.25, -0.2) is 4.98 Å². The molecule has 0 aliphatic carbocycles. The van der Waals surface area contributed by atoms with Gasteiger partial charge in [0.15, 0.2) is 0 Å². The van der Waals surface area contributed by atoms with Crippen LogP contribution >= 0.6 is 0 Å². The standard InChI is InChI=1S/C18H18N4O/c1-2-5-15-13-22(10-8-14(15)4-1)17-7-9-19-18(21-17)20-12-16-6-3-11-23-16/h1-7,9,11H,8,10,12-13H2,(H,19,20,21). The van der Waals surface area contributed by atoms with Crippen LogP contribution in [-0.4, -0.2) is 16.5 Å². The third-order valence-corrected chi connectivity index (χ3v) is 4.10. The van der Waals surface area contributed by atoms with E-state index in [2.05, 4.69) is 44.5 Å². The first-order valence-corrected chi connectivity index (χ1v) is 7.79. The van der Waals surface area contributed by atoms with Crippen molar-refractivity contribution in [3.8, 4) is 0 Å². The van der Waals surface area contributed by atoms with Gasteiger partial charge < -0.3 is 14.6 Å². The Hall–Kier alpha value is -2.82. The number of furan rings is 1. The maximum Gasteiger partial charge on any atom is 0.224 e. The second-order valence-corrected chi connectivity index (χ2v) is 5.61. The van der Waals surface area contributed by atoms with E-state index in [0.717, 1.165) is 31.1 Å². The van der Waals surface area contributed by atoms with E-state index in [-0.39, 0.29) is 0 Å². The van der Waals surface area contributed by atoms with Crippen molar-refractivity contribution in [2.75, 3.05) is 16.8 Å². The van der Waals surface area contributed by atoms with Gasteiger partial charge in [0.1, 0.15) is 11.6 Å². The van der Waals surface area contributed by atoms with Crippen molar-refractivity contribution < 1.29 is 4.42 Å². The van der Waals surface area contributed by atoms with E-state index < -0.39 is 0 Å². The molecule has 4 rings (SSSR count). The van der Waals surface area contributed by atoms with E-state index in [1.807, 2.05) is 18.2 Å². The highest BCUT2D eigenvalue weighted by Gasteiger charge is 2.17. The lowest BCUT2D eigenvalue weighted by Gasteiger charge is -2.29. The minimum absolute atomic E-state index is 0.583. The third kappa shape index (κ3) is 3.04. The van der Waals surface area contributed by atoms with Gasteiger partial charge in [0.2, 0.25) is 5.95 Å². The summed E-state index contributed by atoms with van der Waals surface area (Å²) in [6.45, 7) is 2.45. The Morgan fingerprint density at radius 1 is 1.09 bits per heavy atom. The van der Waals surface area contributed by atoms with Crippen LogP contribution in [0.4, 0.5) is 11.8 Å². The Morgan fingerprint density at radius 3 is 2.87 bits per heavy atom. The van der Waals surface area contributed by atoms with E-state index in [1.54, 1.807) is 12.5 Å². The lowest BCUT2D eigenvalue weighted by atomic mass is 10.00. The first-order chi connectivity index (χ1) is 11.4. The lowest BCUT2D eigenvalue weighted by Crippen LogP contribution is -2.31. The van der Waals surface area contributed by atoms with Crippen LogP contribution < -0.4 is 10.2 Å². The first-order valence-electron chi connectivity index (χ1n) is 7.79. The van der Waals surface area contributed by atoms with Crippen LogP contribution in [0.15, 0.2) is 59.3 Å². The number of benzene rings is 1. The summed E-state index contributed by atoms with van der Waals surface area (Å²) in [6, 6.07) is 14.4. The molecular weight excluding hydrogens is 288 g/mol. The number of rotatable bonds is 4. The van der Waals surface area contributed by atoms with Crippen LogP contribution in [-0.2, 0) is 19.5 Å². The molecule has 0 atom stereocenters. The Labute approximate surface area is 135 Å². The summed E-state index contributed by atoms with van der Waals surface area (Å²) in [6.07, 6.45) is 4.52. The lowest BCUT2D eigenvalue weighted by molar-refractivity contribution is 0.517. The molecule has 116 valence electrons. The number of anilines is 2. The summed E-state index contributed by atoms with van der Waals surface area (Å²) in [5.41, 5.74) is 2.82. The fraction of sp³-hybridized carbons (Fsp3) is 0.222. The van der Waals surface area contributed by atoms with Gasteiger partial charge in [-0.15, -0.1) is 0 Å². The topological polar surface area (TPSA) is 54.2 Å². The zero-order valence-electron chi connectivity index (χ0n) is 12.8. The molecule has 0 unspecified atom stereocenters. The molecule has 0 radical (unpaired) electrons. The molecule has 0 bridgehead atoms. The smallest absolute Gasteiger partial charge is 0.224 e. The van der Waals surface area contributed by atoms with Crippen molar-refractivity contribution in [3.05, 3.63) is 71.8 Å². The molecule has 0 spiro atoms. The zero-order chi connectivity index (χ0) is 15.5. The first kappa shape index (κ1) is 13.8.